The maximum Gasteiger partial charge on any atom is 0.341 e. The van der Waals surface area contributed by atoms with Crippen LogP contribution in [0.3, 0.4) is 0 Å². The number of carbonyl (C=O) groups excluding carboxylic acids is 1. The molecule has 214 valence electrons. The summed E-state index contributed by atoms with van der Waals surface area (Å²) in [5.74, 6) is 0.210. The van der Waals surface area contributed by atoms with Crippen LogP contribution < -0.4 is 4.74 Å². The largest absolute Gasteiger partial charge is 0.482 e. The first-order valence-electron chi connectivity index (χ1n) is 14.7. The predicted molar refractivity (Wildman–Crippen MR) is 146 cm³/mol. The predicted octanol–water partition coefficient (Wildman–Crippen LogP) is 5.73. The van der Waals surface area contributed by atoms with Gasteiger partial charge in [-0.1, -0.05) is 57.6 Å². The van der Waals surface area contributed by atoms with Crippen molar-refractivity contribution in [3.05, 3.63) is 29.3 Å². The average molecular weight is 533 g/mol. The maximum atomic E-state index is 12.5. The van der Waals surface area contributed by atoms with Crippen LogP contribution >= 0.6 is 0 Å². The summed E-state index contributed by atoms with van der Waals surface area (Å²) in [6.07, 6.45) is 12.2. The van der Waals surface area contributed by atoms with Crippen molar-refractivity contribution < 1.29 is 34.0 Å². The molecule has 2 aliphatic carbocycles. The van der Waals surface area contributed by atoms with Gasteiger partial charge in [-0.2, -0.15) is 0 Å². The van der Waals surface area contributed by atoms with Crippen LogP contribution in [0.15, 0.2) is 18.2 Å². The first-order chi connectivity index (χ1) is 18.3. The van der Waals surface area contributed by atoms with Crippen molar-refractivity contribution in [2.24, 2.45) is 17.8 Å². The van der Waals surface area contributed by atoms with Gasteiger partial charge in [-0.05, 0) is 86.8 Å². The number of aliphatic hydroxyl groups is 1. The molecule has 1 aromatic carbocycles. The third-order valence-electron chi connectivity index (χ3n) is 8.62. The second-order valence-electron chi connectivity index (χ2n) is 11.3. The standard InChI is InChI=1S/C31H48O7/c1-4-5-6-7-8-9-10-13-24(38-31(35)21(2)36-3)15-16-25-26-17-22-12-11-14-29(37-20-30(33)34)27(22)18-23(26)19-28(25)32/h11-12,14,21,23-26,28,32H,4-10,13,15-20H2,1-3H3,(H,33,34)/t21-,23-,24-,25+,26-,28+/m0/s1. The number of carboxylic acid groups (broad SMARTS) is 1. The molecule has 3 rings (SSSR count). The van der Waals surface area contributed by atoms with Crippen LogP contribution in [-0.2, 0) is 31.9 Å². The highest BCUT2D eigenvalue weighted by atomic mass is 16.6. The number of hydrogen-bond acceptors (Lipinski definition) is 6. The molecule has 38 heavy (non-hydrogen) atoms. The van der Waals surface area contributed by atoms with Gasteiger partial charge in [0.25, 0.3) is 0 Å². The Labute approximate surface area is 228 Å². The van der Waals surface area contributed by atoms with Gasteiger partial charge in [-0.25, -0.2) is 9.59 Å². The van der Waals surface area contributed by atoms with Crippen molar-refractivity contribution in [1.29, 1.82) is 0 Å². The molecule has 0 unspecified atom stereocenters. The van der Waals surface area contributed by atoms with E-state index < -0.39 is 12.1 Å². The van der Waals surface area contributed by atoms with Gasteiger partial charge < -0.3 is 24.4 Å². The highest BCUT2D eigenvalue weighted by Crippen LogP contribution is 2.48. The fraction of sp³-hybridized carbons (Fsp3) is 0.742. The van der Waals surface area contributed by atoms with Gasteiger partial charge in [0.05, 0.1) is 6.10 Å². The van der Waals surface area contributed by atoms with Crippen LogP contribution in [0.4, 0.5) is 0 Å². The molecule has 2 aliphatic rings. The second-order valence-corrected chi connectivity index (χ2v) is 11.3. The van der Waals surface area contributed by atoms with Crippen LogP contribution in [0.2, 0.25) is 0 Å². The molecule has 0 radical (unpaired) electrons. The summed E-state index contributed by atoms with van der Waals surface area (Å²) in [6.45, 7) is 3.59. The average Bonchev–Trinajstić information content (AvgIpc) is 3.21. The topological polar surface area (TPSA) is 102 Å². The molecule has 1 aromatic rings. The number of rotatable bonds is 17. The summed E-state index contributed by atoms with van der Waals surface area (Å²) < 4.78 is 16.6. The van der Waals surface area contributed by atoms with E-state index in [4.69, 9.17) is 19.3 Å². The monoisotopic (exact) mass is 532 g/mol. The molecule has 0 aliphatic heterocycles. The molecule has 1 saturated carbocycles. The Balaban J connectivity index is 1.59. The Kier molecular flexibility index (Phi) is 12.4. The summed E-state index contributed by atoms with van der Waals surface area (Å²) in [7, 11) is 1.52. The van der Waals surface area contributed by atoms with E-state index in [9.17, 15) is 14.7 Å². The number of unbranched alkanes of at least 4 members (excludes halogenated alkanes) is 6. The molecular weight excluding hydrogens is 484 g/mol. The Hall–Kier alpha value is -2.12. The van der Waals surface area contributed by atoms with Crippen molar-refractivity contribution >= 4 is 11.9 Å². The zero-order valence-corrected chi connectivity index (χ0v) is 23.5. The number of fused-ring (bicyclic) bond motifs is 2. The number of aliphatic hydroxyl groups excluding tert-OH is 1. The van der Waals surface area contributed by atoms with Crippen molar-refractivity contribution in [3.63, 3.8) is 0 Å². The van der Waals surface area contributed by atoms with Gasteiger partial charge in [0.15, 0.2) is 12.7 Å². The maximum absolute atomic E-state index is 12.5. The highest BCUT2D eigenvalue weighted by Gasteiger charge is 2.45. The van der Waals surface area contributed by atoms with E-state index >= 15 is 0 Å². The Bertz CT molecular complexity index is 885. The fourth-order valence-electron chi connectivity index (χ4n) is 6.40. The lowest BCUT2D eigenvalue weighted by Gasteiger charge is -2.33. The third-order valence-corrected chi connectivity index (χ3v) is 8.62. The van der Waals surface area contributed by atoms with Gasteiger partial charge in [0, 0.05) is 7.11 Å². The van der Waals surface area contributed by atoms with Gasteiger partial charge in [-0.15, -0.1) is 0 Å². The van der Waals surface area contributed by atoms with E-state index in [-0.39, 0.29) is 30.7 Å². The molecule has 0 aromatic heterocycles. The van der Waals surface area contributed by atoms with Crippen LogP contribution in [-0.4, -0.2) is 54.2 Å². The molecule has 0 bridgehead atoms. The van der Waals surface area contributed by atoms with Gasteiger partial charge >= 0.3 is 11.9 Å². The van der Waals surface area contributed by atoms with Crippen molar-refractivity contribution in [1.82, 2.24) is 0 Å². The van der Waals surface area contributed by atoms with Gasteiger partial charge in [0.2, 0.25) is 0 Å². The van der Waals surface area contributed by atoms with E-state index in [0.29, 0.717) is 17.6 Å². The molecule has 0 spiro atoms. The molecule has 0 amide bonds. The normalized spacial score (nSPS) is 23.8. The van der Waals surface area contributed by atoms with E-state index in [0.717, 1.165) is 56.9 Å². The minimum Gasteiger partial charge on any atom is -0.482 e. The minimum absolute atomic E-state index is 0.158. The summed E-state index contributed by atoms with van der Waals surface area (Å²) in [4.78, 5) is 23.5. The number of methoxy groups -OCH3 is 1. The van der Waals surface area contributed by atoms with Crippen molar-refractivity contribution in [3.8, 4) is 5.75 Å². The van der Waals surface area contributed by atoms with E-state index in [1.807, 2.05) is 12.1 Å². The summed E-state index contributed by atoms with van der Waals surface area (Å²) in [6, 6.07) is 5.86. The first kappa shape index (κ1) is 30.4. The van der Waals surface area contributed by atoms with Crippen molar-refractivity contribution in [2.75, 3.05) is 13.7 Å². The molecule has 7 nitrogen and oxygen atoms in total. The fourth-order valence-corrected chi connectivity index (χ4v) is 6.40. The van der Waals surface area contributed by atoms with Gasteiger partial charge in [-0.3, -0.25) is 0 Å². The SMILES string of the molecule is CCCCCCCCC[C@@H](CC[C@@H]1[C@H]2Cc3cccc(OCC(=O)O)c3C[C@H]2C[C@H]1O)OC(=O)[C@H](C)OC. The zero-order valence-electron chi connectivity index (χ0n) is 23.5. The number of carbonyl (C=O) groups is 2. The third kappa shape index (κ3) is 8.70. The molecule has 6 atom stereocenters. The number of benzene rings is 1. The van der Waals surface area contributed by atoms with Crippen LogP contribution in [0.25, 0.3) is 0 Å². The molecule has 0 saturated heterocycles. The quantitative estimate of drug-likeness (QED) is 0.195. The smallest absolute Gasteiger partial charge is 0.341 e. The number of carboxylic acids is 1. The number of aliphatic carboxylic acids is 1. The summed E-state index contributed by atoms with van der Waals surface area (Å²) in [5.41, 5.74) is 2.27. The molecule has 0 heterocycles. The first-order valence-corrected chi connectivity index (χ1v) is 14.7. The Morgan fingerprint density at radius 1 is 1.05 bits per heavy atom. The zero-order chi connectivity index (χ0) is 27.5. The van der Waals surface area contributed by atoms with E-state index in [1.165, 1.54) is 44.8 Å². The van der Waals surface area contributed by atoms with E-state index in [2.05, 4.69) is 13.0 Å². The highest BCUT2D eigenvalue weighted by molar-refractivity contribution is 5.74. The van der Waals surface area contributed by atoms with Crippen LogP contribution in [0.5, 0.6) is 5.75 Å². The molecule has 7 heteroatoms. The molecule has 2 N–H and O–H groups in total. The summed E-state index contributed by atoms with van der Waals surface area (Å²) in [5, 5.41) is 20.1. The lowest BCUT2D eigenvalue weighted by atomic mass is 9.73. The van der Waals surface area contributed by atoms with Crippen molar-refractivity contribution in [2.45, 2.75) is 116 Å². The molecular formula is C31H48O7. The Morgan fingerprint density at radius 2 is 1.79 bits per heavy atom. The number of esters is 1. The summed E-state index contributed by atoms with van der Waals surface area (Å²) >= 11 is 0. The van der Waals surface area contributed by atoms with Crippen LogP contribution in [0, 0.1) is 17.8 Å². The van der Waals surface area contributed by atoms with Gasteiger partial charge in [0.1, 0.15) is 11.9 Å². The van der Waals surface area contributed by atoms with Crippen LogP contribution in [0.1, 0.15) is 95.6 Å². The second kappa shape index (κ2) is 15.5. The lowest BCUT2D eigenvalue weighted by molar-refractivity contribution is -0.160. The number of ether oxygens (including phenoxy) is 3. The van der Waals surface area contributed by atoms with E-state index in [1.54, 1.807) is 6.92 Å². The lowest BCUT2D eigenvalue weighted by Crippen LogP contribution is -2.30. The molecule has 1 fully saturated rings. The number of hydrogen-bond donors (Lipinski definition) is 2. The minimum atomic E-state index is -0.987. The Morgan fingerprint density at radius 3 is 2.50 bits per heavy atom.